The summed E-state index contributed by atoms with van der Waals surface area (Å²) in [6.45, 7) is 5.35. The summed E-state index contributed by atoms with van der Waals surface area (Å²) in [5.74, 6) is 0. The van der Waals surface area contributed by atoms with E-state index in [1.807, 2.05) is 29.2 Å². The largest absolute Gasteiger partial charge is 0.323 e. The fourth-order valence-electron chi connectivity index (χ4n) is 3.06. The molecule has 4 rings (SSSR count). The SMILES string of the molecule is Cc1ccccc1-c1ccc2nc(NC(=O)N3CCN(C)CC3)sc2n1. The number of benzene rings is 1. The van der Waals surface area contributed by atoms with Gasteiger partial charge in [-0.2, -0.15) is 0 Å². The van der Waals surface area contributed by atoms with Gasteiger partial charge in [0.25, 0.3) is 0 Å². The molecule has 134 valence electrons. The Morgan fingerprint density at radius 2 is 1.85 bits per heavy atom. The van der Waals surface area contributed by atoms with Gasteiger partial charge in [-0.1, -0.05) is 35.6 Å². The van der Waals surface area contributed by atoms with E-state index in [0.717, 1.165) is 47.8 Å². The number of amides is 2. The minimum Gasteiger partial charge on any atom is -0.322 e. The zero-order valence-corrected chi connectivity index (χ0v) is 15.7. The lowest BCUT2D eigenvalue weighted by Gasteiger charge is -2.32. The van der Waals surface area contributed by atoms with Crippen LogP contribution in [0, 0.1) is 6.92 Å². The maximum Gasteiger partial charge on any atom is 0.323 e. The molecule has 26 heavy (non-hydrogen) atoms. The molecule has 1 aromatic carbocycles. The summed E-state index contributed by atoms with van der Waals surface area (Å²) >= 11 is 1.41. The van der Waals surface area contributed by atoms with Crippen molar-refractivity contribution in [2.75, 3.05) is 38.5 Å². The first kappa shape index (κ1) is 16.9. The average molecular weight is 367 g/mol. The van der Waals surface area contributed by atoms with Crippen LogP contribution in [0.4, 0.5) is 9.93 Å². The molecule has 3 aromatic rings. The molecule has 0 spiro atoms. The first-order valence-electron chi connectivity index (χ1n) is 8.68. The fourth-order valence-corrected chi connectivity index (χ4v) is 3.89. The van der Waals surface area contributed by atoms with E-state index in [0.29, 0.717) is 5.13 Å². The summed E-state index contributed by atoms with van der Waals surface area (Å²) in [6, 6.07) is 12.0. The second kappa shape index (κ2) is 7.01. The zero-order chi connectivity index (χ0) is 18.1. The molecular weight excluding hydrogens is 346 g/mol. The number of aromatic nitrogens is 2. The third-order valence-corrected chi connectivity index (χ3v) is 5.56. The van der Waals surface area contributed by atoms with Crippen LogP contribution < -0.4 is 5.32 Å². The predicted molar refractivity (Wildman–Crippen MR) is 106 cm³/mol. The van der Waals surface area contributed by atoms with Gasteiger partial charge in [-0.15, -0.1) is 0 Å². The van der Waals surface area contributed by atoms with E-state index in [2.05, 4.69) is 41.3 Å². The zero-order valence-electron chi connectivity index (χ0n) is 14.9. The minimum atomic E-state index is -0.0868. The normalized spacial score (nSPS) is 15.4. The number of nitrogens with zero attached hydrogens (tertiary/aromatic N) is 4. The Kier molecular flexibility index (Phi) is 4.57. The molecule has 1 aliphatic heterocycles. The molecule has 2 aromatic heterocycles. The number of carbonyl (C=O) groups excluding carboxylic acids is 1. The van der Waals surface area contributed by atoms with Gasteiger partial charge < -0.3 is 9.80 Å². The highest BCUT2D eigenvalue weighted by molar-refractivity contribution is 7.21. The molecule has 2 amide bonds. The van der Waals surface area contributed by atoms with Crippen molar-refractivity contribution in [3.8, 4) is 11.3 Å². The van der Waals surface area contributed by atoms with Gasteiger partial charge in [0.2, 0.25) is 0 Å². The van der Waals surface area contributed by atoms with Gasteiger partial charge in [0.1, 0.15) is 10.3 Å². The number of likely N-dealkylation sites (N-methyl/N-ethyl adjacent to an activating group) is 1. The van der Waals surface area contributed by atoms with Crippen LogP contribution in [0.2, 0.25) is 0 Å². The molecule has 0 saturated carbocycles. The predicted octanol–water partition coefficient (Wildman–Crippen LogP) is 3.45. The Hall–Kier alpha value is -2.51. The average Bonchev–Trinajstić information content (AvgIpc) is 3.04. The third kappa shape index (κ3) is 3.40. The van der Waals surface area contributed by atoms with E-state index >= 15 is 0 Å². The molecule has 0 unspecified atom stereocenters. The third-order valence-electron chi connectivity index (χ3n) is 4.68. The van der Waals surface area contributed by atoms with E-state index in [9.17, 15) is 4.79 Å². The van der Waals surface area contributed by atoms with E-state index < -0.39 is 0 Å². The second-order valence-electron chi connectivity index (χ2n) is 6.58. The van der Waals surface area contributed by atoms with Crippen molar-refractivity contribution >= 4 is 32.8 Å². The highest BCUT2D eigenvalue weighted by atomic mass is 32.1. The van der Waals surface area contributed by atoms with E-state index in [1.165, 1.54) is 16.9 Å². The molecular formula is C19H21N5OS. The Balaban J connectivity index is 1.54. The molecule has 0 radical (unpaired) electrons. The summed E-state index contributed by atoms with van der Waals surface area (Å²) < 4.78 is 0. The van der Waals surface area contributed by atoms with E-state index in [-0.39, 0.29) is 6.03 Å². The van der Waals surface area contributed by atoms with E-state index in [4.69, 9.17) is 4.98 Å². The van der Waals surface area contributed by atoms with Crippen molar-refractivity contribution in [2.45, 2.75) is 6.92 Å². The van der Waals surface area contributed by atoms with Crippen LogP contribution in [0.1, 0.15) is 5.56 Å². The summed E-state index contributed by atoms with van der Waals surface area (Å²) in [7, 11) is 2.07. The maximum atomic E-state index is 12.4. The number of piperazine rings is 1. The number of nitrogens with one attached hydrogen (secondary N) is 1. The number of urea groups is 1. The van der Waals surface area contributed by atoms with Gasteiger partial charge in [0, 0.05) is 31.7 Å². The van der Waals surface area contributed by atoms with Crippen LogP contribution >= 0.6 is 11.3 Å². The van der Waals surface area contributed by atoms with Gasteiger partial charge in [-0.25, -0.2) is 14.8 Å². The molecule has 1 N–H and O–H groups in total. The van der Waals surface area contributed by atoms with Gasteiger partial charge in [0.15, 0.2) is 5.13 Å². The molecule has 0 aliphatic carbocycles. The lowest BCUT2D eigenvalue weighted by Crippen LogP contribution is -2.48. The van der Waals surface area contributed by atoms with Crippen LogP contribution in [0.25, 0.3) is 21.6 Å². The van der Waals surface area contributed by atoms with Crippen molar-refractivity contribution < 1.29 is 4.79 Å². The van der Waals surface area contributed by atoms with Crippen molar-refractivity contribution in [3.05, 3.63) is 42.0 Å². The molecule has 1 fully saturated rings. The van der Waals surface area contributed by atoms with Gasteiger partial charge >= 0.3 is 6.03 Å². The number of pyridine rings is 1. The van der Waals surface area contributed by atoms with Gasteiger partial charge in [-0.3, -0.25) is 5.32 Å². The van der Waals surface area contributed by atoms with Crippen LogP contribution in [0.15, 0.2) is 36.4 Å². The molecule has 1 aliphatic rings. The van der Waals surface area contributed by atoms with Crippen LogP contribution in [-0.2, 0) is 0 Å². The quantitative estimate of drug-likeness (QED) is 0.754. The highest BCUT2D eigenvalue weighted by Crippen LogP contribution is 2.29. The van der Waals surface area contributed by atoms with Crippen LogP contribution in [-0.4, -0.2) is 59.0 Å². The Labute approximate surface area is 156 Å². The van der Waals surface area contributed by atoms with Crippen LogP contribution in [0.3, 0.4) is 0 Å². The van der Waals surface area contributed by atoms with Crippen molar-refractivity contribution in [2.24, 2.45) is 0 Å². The lowest BCUT2D eigenvalue weighted by molar-refractivity contribution is 0.164. The fraction of sp³-hybridized carbons (Fsp3) is 0.316. The molecule has 3 heterocycles. The van der Waals surface area contributed by atoms with Gasteiger partial charge in [-0.05, 0) is 31.7 Å². The summed E-state index contributed by atoms with van der Waals surface area (Å²) in [5.41, 5.74) is 4.04. The lowest BCUT2D eigenvalue weighted by atomic mass is 10.1. The number of carbonyl (C=O) groups is 1. The standard InChI is InChI=1S/C19H21N5OS/c1-13-5-3-4-6-14(13)15-7-8-16-17(20-15)26-18(21-16)22-19(25)24-11-9-23(2)10-12-24/h3-8H,9-12H2,1-2H3,(H,21,22,25). The number of fused-ring (bicyclic) bond motifs is 1. The number of rotatable bonds is 2. The number of anilines is 1. The summed E-state index contributed by atoms with van der Waals surface area (Å²) in [6.07, 6.45) is 0. The number of thiazole rings is 1. The second-order valence-corrected chi connectivity index (χ2v) is 7.55. The van der Waals surface area contributed by atoms with Crippen molar-refractivity contribution in [1.82, 2.24) is 19.8 Å². The number of hydrogen-bond donors (Lipinski definition) is 1. The molecule has 7 heteroatoms. The summed E-state index contributed by atoms with van der Waals surface area (Å²) in [4.78, 5) is 26.6. The highest BCUT2D eigenvalue weighted by Gasteiger charge is 2.20. The monoisotopic (exact) mass is 367 g/mol. The Morgan fingerprint density at radius 1 is 1.08 bits per heavy atom. The Morgan fingerprint density at radius 3 is 2.62 bits per heavy atom. The number of hydrogen-bond acceptors (Lipinski definition) is 5. The molecule has 0 bridgehead atoms. The van der Waals surface area contributed by atoms with Crippen LogP contribution in [0.5, 0.6) is 0 Å². The topological polar surface area (TPSA) is 61.4 Å². The first-order valence-corrected chi connectivity index (χ1v) is 9.50. The molecule has 1 saturated heterocycles. The molecule has 6 nitrogen and oxygen atoms in total. The van der Waals surface area contributed by atoms with E-state index in [1.54, 1.807) is 0 Å². The number of aryl methyl sites for hydroxylation is 1. The van der Waals surface area contributed by atoms with Gasteiger partial charge in [0.05, 0.1) is 5.69 Å². The van der Waals surface area contributed by atoms with Crippen molar-refractivity contribution in [3.63, 3.8) is 0 Å². The maximum absolute atomic E-state index is 12.4. The van der Waals surface area contributed by atoms with Crippen molar-refractivity contribution in [1.29, 1.82) is 0 Å². The smallest absolute Gasteiger partial charge is 0.322 e. The molecule has 0 atom stereocenters. The minimum absolute atomic E-state index is 0.0868. The summed E-state index contributed by atoms with van der Waals surface area (Å²) in [5, 5.41) is 3.52. The Bertz CT molecular complexity index is 946. The first-order chi connectivity index (χ1) is 12.6.